The van der Waals surface area contributed by atoms with Crippen LogP contribution in [0.25, 0.3) is 5.69 Å². The summed E-state index contributed by atoms with van der Waals surface area (Å²) in [4.78, 5) is 0.411. The summed E-state index contributed by atoms with van der Waals surface area (Å²) >= 11 is 0. The van der Waals surface area contributed by atoms with Crippen molar-refractivity contribution in [2.24, 2.45) is 0 Å². The summed E-state index contributed by atoms with van der Waals surface area (Å²) in [6, 6.07) is 11.8. The molecule has 0 spiro atoms. The number of tetrazole rings is 1. The lowest BCUT2D eigenvalue weighted by Crippen LogP contribution is -2.39. The third-order valence-corrected chi connectivity index (χ3v) is 6.89. The van der Waals surface area contributed by atoms with Crippen LogP contribution in [0.15, 0.2) is 58.6 Å². The minimum Gasteiger partial charge on any atom is -0.488 e. The number of piperidine rings is 1. The molecule has 5 rings (SSSR count). The first-order valence-electron chi connectivity index (χ1n) is 8.73. The van der Waals surface area contributed by atoms with Crippen LogP contribution < -0.4 is 10.1 Å². The number of benzene rings is 2. The van der Waals surface area contributed by atoms with Crippen LogP contribution >= 0.6 is 0 Å². The minimum atomic E-state index is -3.68. The Balaban J connectivity index is 1.53. The first-order chi connectivity index (χ1) is 13.1. The van der Waals surface area contributed by atoms with E-state index in [0.717, 1.165) is 25.1 Å². The molecule has 1 aromatic heterocycles. The number of hydrogen-bond acceptors (Lipinski definition) is 7. The Hall–Kier alpha value is -2.78. The maximum Gasteiger partial charge on any atom is 0.206 e. The number of aromatic nitrogens is 4. The summed E-state index contributed by atoms with van der Waals surface area (Å²) in [6.45, 7) is 1.74. The lowest BCUT2D eigenvalue weighted by molar-refractivity contribution is 0.176. The molecule has 2 aliphatic heterocycles. The van der Waals surface area contributed by atoms with Crippen molar-refractivity contribution in [2.45, 2.75) is 28.2 Å². The van der Waals surface area contributed by atoms with Crippen LogP contribution in [0.2, 0.25) is 0 Å². The molecule has 27 heavy (non-hydrogen) atoms. The minimum absolute atomic E-state index is 0.0786. The molecule has 1 saturated heterocycles. The fraction of sp³-hybridized carbons (Fsp3) is 0.278. The number of ether oxygens (including phenoxy) is 1. The van der Waals surface area contributed by atoms with Crippen molar-refractivity contribution >= 4 is 9.84 Å². The molecule has 0 aliphatic carbocycles. The van der Waals surface area contributed by atoms with Crippen LogP contribution in [-0.2, 0) is 9.84 Å². The molecule has 1 fully saturated rings. The van der Waals surface area contributed by atoms with Gasteiger partial charge in [-0.1, -0.05) is 12.1 Å². The summed E-state index contributed by atoms with van der Waals surface area (Å²) in [6.07, 6.45) is 2.50. The standard InChI is InChI=1S/C18H17N5O3S/c24-27(25,13-3-1-2-12(8-13)23-11-20-21-22-23)14-4-5-15-16-6-7-19-10-18(16)26-17(15)9-14/h1-5,8-9,11,16,18-19H,6-7,10H2. The molecule has 0 amide bonds. The summed E-state index contributed by atoms with van der Waals surface area (Å²) in [5.74, 6) is 1.01. The topological polar surface area (TPSA) is 99.0 Å². The van der Waals surface area contributed by atoms with Gasteiger partial charge in [0.25, 0.3) is 0 Å². The average molecular weight is 383 g/mol. The van der Waals surface area contributed by atoms with Crippen molar-refractivity contribution in [2.75, 3.05) is 13.1 Å². The van der Waals surface area contributed by atoms with Crippen molar-refractivity contribution in [1.29, 1.82) is 0 Å². The van der Waals surface area contributed by atoms with Gasteiger partial charge in [0, 0.05) is 18.0 Å². The summed E-state index contributed by atoms with van der Waals surface area (Å²) in [5.41, 5.74) is 1.68. The average Bonchev–Trinajstić information content (AvgIpc) is 3.35. The zero-order chi connectivity index (χ0) is 18.4. The van der Waals surface area contributed by atoms with E-state index in [-0.39, 0.29) is 15.9 Å². The largest absolute Gasteiger partial charge is 0.488 e. The third kappa shape index (κ3) is 2.70. The maximum atomic E-state index is 13.1. The number of nitrogens with one attached hydrogen (secondary N) is 1. The number of fused-ring (bicyclic) bond motifs is 3. The van der Waals surface area contributed by atoms with E-state index in [1.54, 1.807) is 36.4 Å². The van der Waals surface area contributed by atoms with Gasteiger partial charge in [0.15, 0.2) is 0 Å². The lowest BCUT2D eigenvalue weighted by Gasteiger charge is -2.24. The third-order valence-electron chi connectivity index (χ3n) is 5.14. The smallest absolute Gasteiger partial charge is 0.206 e. The van der Waals surface area contributed by atoms with Crippen molar-refractivity contribution < 1.29 is 13.2 Å². The Labute approximate surface area is 156 Å². The van der Waals surface area contributed by atoms with Gasteiger partial charge >= 0.3 is 0 Å². The highest BCUT2D eigenvalue weighted by molar-refractivity contribution is 7.91. The Bertz CT molecular complexity index is 1100. The van der Waals surface area contributed by atoms with Gasteiger partial charge in [0.2, 0.25) is 9.84 Å². The number of sulfone groups is 1. The Morgan fingerprint density at radius 3 is 2.89 bits per heavy atom. The molecule has 9 heteroatoms. The van der Waals surface area contributed by atoms with Crippen LogP contribution in [-0.4, -0.2) is 47.8 Å². The molecule has 0 bridgehead atoms. The molecule has 3 aromatic rings. The van der Waals surface area contributed by atoms with E-state index >= 15 is 0 Å². The van der Waals surface area contributed by atoms with E-state index < -0.39 is 9.84 Å². The van der Waals surface area contributed by atoms with Crippen molar-refractivity contribution in [3.05, 3.63) is 54.4 Å². The van der Waals surface area contributed by atoms with Gasteiger partial charge in [-0.15, -0.1) is 5.10 Å². The Kier molecular flexibility index (Phi) is 3.73. The molecule has 2 aliphatic rings. The molecular weight excluding hydrogens is 366 g/mol. The molecule has 0 saturated carbocycles. The number of rotatable bonds is 3. The van der Waals surface area contributed by atoms with Gasteiger partial charge in [-0.2, -0.15) is 0 Å². The first-order valence-corrected chi connectivity index (χ1v) is 10.2. The molecule has 2 unspecified atom stereocenters. The quantitative estimate of drug-likeness (QED) is 0.728. The molecule has 8 nitrogen and oxygen atoms in total. The lowest BCUT2D eigenvalue weighted by atomic mass is 9.90. The molecular formula is C18H17N5O3S. The van der Waals surface area contributed by atoms with E-state index in [1.165, 1.54) is 11.0 Å². The van der Waals surface area contributed by atoms with E-state index in [9.17, 15) is 8.42 Å². The van der Waals surface area contributed by atoms with Crippen LogP contribution in [0.3, 0.4) is 0 Å². The number of nitrogens with zero attached hydrogens (tertiary/aromatic N) is 4. The van der Waals surface area contributed by atoms with Crippen molar-refractivity contribution in [1.82, 2.24) is 25.5 Å². The Morgan fingerprint density at radius 1 is 1.15 bits per heavy atom. The van der Waals surface area contributed by atoms with E-state index in [1.807, 2.05) is 6.07 Å². The van der Waals surface area contributed by atoms with E-state index in [2.05, 4.69) is 20.8 Å². The van der Waals surface area contributed by atoms with E-state index in [4.69, 9.17) is 4.74 Å². The molecule has 2 aromatic carbocycles. The SMILES string of the molecule is O=S(=O)(c1cccc(-n2cnnn2)c1)c1ccc2c(c1)OC1CNCCC21. The van der Waals surface area contributed by atoms with Crippen molar-refractivity contribution in [3.8, 4) is 11.4 Å². The van der Waals surface area contributed by atoms with Gasteiger partial charge in [-0.3, -0.25) is 0 Å². The number of hydrogen-bond donors (Lipinski definition) is 1. The molecule has 1 N–H and O–H groups in total. The predicted molar refractivity (Wildman–Crippen MR) is 95.7 cm³/mol. The normalized spacial score (nSPS) is 21.3. The summed E-state index contributed by atoms with van der Waals surface area (Å²) in [5, 5.41) is 14.3. The summed E-state index contributed by atoms with van der Waals surface area (Å²) in [7, 11) is -3.68. The predicted octanol–water partition coefficient (Wildman–Crippen LogP) is 1.33. The van der Waals surface area contributed by atoms with Crippen LogP contribution in [0.1, 0.15) is 17.9 Å². The van der Waals surface area contributed by atoms with Gasteiger partial charge in [0.1, 0.15) is 18.2 Å². The maximum absolute atomic E-state index is 13.1. The van der Waals surface area contributed by atoms with Gasteiger partial charge < -0.3 is 10.1 Å². The highest BCUT2D eigenvalue weighted by Gasteiger charge is 2.36. The fourth-order valence-corrected chi connectivity index (χ4v) is 5.09. The summed E-state index contributed by atoms with van der Waals surface area (Å²) < 4.78 is 33.7. The second kappa shape index (κ2) is 6.14. The van der Waals surface area contributed by atoms with Gasteiger partial charge in [-0.25, -0.2) is 13.1 Å². The highest BCUT2D eigenvalue weighted by Crippen LogP contribution is 2.42. The van der Waals surface area contributed by atoms with E-state index in [0.29, 0.717) is 17.4 Å². The van der Waals surface area contributed by atoms with Crippen LogP contribution in [0.4, 0.5) is 0 Å². The zero-order valence-electron chi connectivity index (χ0n) is 14.3. The van der Waals surface area contributed by atoms with Gasteiger partial charge in [-0.05, 0) is 53.7 Å². The first kappa shape index (κ1) is 16.4. The molecule has 138 valence electrons. The van der Waals surface area contributed by atoms with Crippen LogP contribution in [0.5, 0.6) is 5.75 Å². The second-order valence-corrected chi connectivity index (χ2v) is 8.66. The fourth-order valence-electron chi connectivity index (χ4n) is 3.77. The second-order valence-electron chi connectivity index (χ2n) is 6.71. The monoisotopic (exact) mass is 383 g/mol. The highest BCUT2D eigenvalue weighted by atomic mass is 32.2. The molecule has 3 heterocycles. The molecule has 0 radical (unpaired) electrons. The zero-order valence-corrected chi connectivity index (χ0v) is 15.1. The van der Waals surface area contributed by atoms with Gasteiger partial charge in [0.05, 0.1) is 15.5 Å². The van der Waals surface area contributed by atoms with Crippen LogP contribution in [0, 0.1) is 0 Å². The molecule has 2 atom stereocenters. The van der Waals surface area contributed by atoms with Crippen molar-refractivity contribution in [3.63, 3.8) is 0 Å². The Morgan fingerprint density at radius 2 is 2.04 bits per heavy atom.